The van der Waals surface area contributed by atoms with E-state index >= 15 is 0 Å². The van der Waals surface area contributed by atoms with Gasteiger partial charge in [0.25, 0.3) is 0 Å². The van der Waals surface area contributed by atoms with E-state index in [1.165, 1.54) is 4.31 Å². The highest BCUT2D eigenvalue weighted by atomic mass is 32.2. The zero-order valence-corrected chi connectivity index (χ0v) is 15.2. The number of benzene rings is 1. The monoisotopic (exact) mass is 343 g/mol. The van der Waals surface area contributed by atoms with Gasteiger partial charge in [0.15, 0.2) is 0 Å². The van der Waals surface area contributed by atoms with E-state index in [9.17, 15) is 13.2 Å². The molecule has 0 radical (unpaired) electrons. The number of methoxy groups -OCH3 is 1. The second-order valence-electron chi connectivity index (χ2n) is 5.23. The van der Waals surface area contributed by atoms with Crippen LogP contribution in [0.3, 0.4) is 0 Å². The van der Waals surface area contributed by atoms with Gasteiger partial charge in [0.05, 0.1) is 18.6 Å². The molecule has 0 aliphatic heterocycles. The number of carbonyl (C=O) groups is 1. The Morgan fingerprint density at radius 3 is 2.35 bits per heavy atom. The molecule has 1 aromatic rings. The molecular weight excluding hydrogens is 318 g/mol. The molecule has 0 aromatic heterocycles. The number of hydrogen-bond donors (Lipinski definition) is 0. The van der Waals surface area contributed by atoms with Crippen LogP contribution in [0, 0.1) is 13.8 Å². The minimum atomic E-state index is -3.78. The molecule has 0 spiro atoms. The van der Waals surface area contributed by atoms with Crippen molar-refractivity contribution in [2.75, 3.05) is 26.8 Å². The smallest absolute Gasteiger partial charge is 0.321 e. The van der Waals surface area contributed by atoms with Crippen LogP contribution in [-0.2, 0) is 19.6 Å². The quantitative estimate of drug-likeness (QED) is 0.677. The third-order valence-corrected chi connectivity index (χ3v) is 5.38. The number of nitrogens with zero attached hydrogens (tertiary/aromatic N) is 1. The molecule has 0 fully saturated rings. The average molecular weight is 343 g/mol. The van der Waals surface area contributed by atoms with Gasteiger partial charge in [-0.05, 0) is 50.5 Å². The van der Waals surface area contributed by atoms with Crippen LogP contribution in [0.4, 0.5) is 0 Å². The lowest BCUT2D eigenvalue weighted by molar-refractivity contribution is -0.143. The summed E-state index contributed by atoms with van der Waals surface area (Å²) in [5.41, 5.74) is 1.31. The van der Waals surface area contributed by atoms with Crippen molar-refractivity contribution in [3.05, 3.63) is 23.3 Å². The summed E-state index contributed by atoms with van der Waals surface area (Å²) in [6.45, 7) is 7.24. The predicted molar refractivity (Wildman–Crippen MR) is 88.2 cm³/mol. The van der Waals surface area contributed by atoms with Gasteiger partial charge >= 0.3 is 5.97 Å². The Labute approximate surface area is 138 Å². The van der Waals surface area contributed by atoms with Crippen LogP contribution in [0.15, 0.2) is 17.0 Å². The van der Waals surface area contributed by atoms with Gasteiger partial charge in [-0.3, -0.25) is 4.79 Å². The zero-order valence-electron chi connectivity index (χ0n) is 14.4. The number of hydrogen-bond acceptors (Lipinski definition) is 5. The predicted octanol–water partition coefficient (Wildman–Crippen LogP) is 2.28. The van der Waals surface area contributed by atoms with Crippen LogP contribution in [-0.4, -0.2) is 45.5 Å². The van der Waals surface area contributed by atoms with E-state index < -0.39 is 16.0 Å². The number of carbonyl (C=O) groups excluding carboxylic acids is 1. The molecule has 0 heterocycles. The topological polar surface area (TPSA) is 72.9 Å². The second kappa shape index (κ2) is 8.31. The SMILES string of the molecule is CCCN(CC(=O)OCC)S(=O)(=O)c1cc(C)c(OC)cc1C. The summed E-state index contributed by atoms with van der Waals surface area (Å²) in [5, 5.41) is 0. The Bertz CT molecular complexity index is 655. The summed E-state index contributed by atoms with van der Waals surface area (Å²) >= 11 is 0. The van der Waals surface area contributed by atoms with Gasteiger partial charge in [-0.1, -0.05) is 6.92 Å². The summed E-state index contributed by atoms with van der Waals surface area (Å²) in [6.07, 6.45) is 0.604. The molecule has 0 N–H and O–H groups in total. The molecular formula is C16H25NO5S. The second-order valence-corrected chi connectivity index (χ2v) is 7.14. The molecule has 0 saturated carbocycles. The summed E-state index contributed by atoms with van der Waals surface area (Å²) in [6, 6.07) is 3.27. The molecule has 0 saturated heterocycles. The van der Waals surface area contributed by atoms with Gasteiger partial charge in [-0.15, -0.1) is 0 Å². The number of ether oxygens (including phenoxy) is 2. The molecule has 0 bridgehead atoms. The van der Waals surface area contributed by atoms with E-state index in [-0.39, 0.29) is 24.6 Å². The third kappa shape index (κ3) is 4.68. The lowest BCUT2D eigenvalue weighted by Gasteiger charge is -2.22. The fourth-order valence-corrected chi connectivity index (χ4v) is 4.05. The Hall–Kier alpha value is -1.60. The van der Waals surface area contributed by atoms with Gasteiger partial charge in [-0.2, -0.15) is 4.31 Å². The molecule has 0 aliphatic rings. The fraction of sp³-hybridized carbons (Fsp3) is 0.562. The molecule has 23 heavy (non-hydrogen) atoms. The van der Waals surface area contributed by atoms with Crippen molar-refractivity contribution in [2.45, 2.75) is 39.0 Å². The van der Waals surface area contributed by atoms with Crippen LogP contribution in [0.1, 0.15) is 31.4 Å². The Kier molecular flexibility index (Phi) is 7.02. The first kappa shape index (κ1) is 19.4. The van der Waals surface area contributed by atoms with Gasteiger partial charge in [0.2, 0.25) is 10.0 Å². The van der Waals surface area contributed by atoms with E-state index in [1.807, 2.05) is 6.92 Å². The lowest BCUT2D eigenvalue weighted by atomic mass is 10.1. The standard InChI is InChI=1S/C16H25NO5S/c1-6-8-17(11-16(18)22-7-2)23(19,20)15-10-12(3)14(21-5)9-13(15)4/h9-10H,6-8,11H2,1-5H3. The Morgan fingerprint density at radius 1 is 1.17 bits per heavy atom. The summed E-state index contributed by atoms with van der Waals surface area (Å²) in [4.78, 5) is 11.9. The van der Waals surface area contributed by atoms with Crippen LogP contribution >= 0.6 is 0 Å². The lowest BCUT2D eigenvalue weighted by Crippen LogP contribution is -2.37. The summed E-state index contributed by atoms with van der Waals surface area (Å²) in [7, 11) is -2.24. The molecule has 130 valence electrons. The van der Waals surface area contributed by atoms with E-state index in [0.717, 1.165) is 5.56 Å². The normalized spacial score (nSPS) is 11.6. The molecule has 1 rings (SSSR count). The maximum absolute atomic E-state index is 12.9. The van der Waals surface area contributed by atoms with Crippen molar-refractivity contribution in [1.29, 1.82) is 0 Å². The highest BCUT2D eigenvalue weighted by molar-refractivity contribution is 7.89. The van der Waals surface area contributed by atoms with Crippen molar-refractivity contribution < 1.29 is 22.7 Å². The first-order valence-corrected chi connectivity index (χ1v) is 9.02. The minimum Gasteiger partial charge on any atom is -0.496 e. The van der Waals surface area contributed by atoms with Gasteiger partial charge in [0.1, 0.15) is 12.3 Å². The van der Waals surface area contributed by atoms with E-state index in [2.05, 4.69) is 0 Å². The maximum Gasteiger partial charge on any atom is 0.321 e. The molecule has 1 aromatic carbocycles. The van der Waals surface area contributed by atoms with E-state index in [1.54, 1.807) is 40.0 Å². The molecule has 0 aliphatic carbocycles. The molecule has 6 nitrogen and oxygen atoms in total. The Morgan fingerprint density at radius 2 is 1.83 bits per heavy atom. The van der Waals surface area contributed by atoms with Crippen molar-refractivity contribution >= 4 is 16.0 Å². The number of rotatable bonds is 8. The first-order chi connectivity index (χ1) is 10.8. The summed E-state index contributed by atoms with van der Waals surface area (Å²) < 4.78 is 37.1. The van der Waals surface area contributed by atoms with E-state index in [0.29, 0.717) is 17.7 Å². The minimum absolute atomic E-state index is 0.188. The van der Waals surface area contributed by atoms with Crippen LogP contribution < -0.4 is 4.74 Å². The van der Waals surface area contributed by atoms with Crippen LogP contribution in [0.2, 0.25) is 0 Å². The maximum atomic E-state index is 12.9. The molecule has 7 heteroatoms. The van der Waals surface area contributed by atoms with Crippen molar-refractivity contribution in [2.24, 2.45) is 0 Å². The highest BCUT2D eigenvalue weighted by Gasteiger charge is 2.28. The summed E-state index contributed by atoms with van der Waals surface area (Å²) in [5.74, 6) is 0.0845. The van der Waals surface area contributed by atoms with Crippen LogP contribution in [0.5, 0.6) is 5.75 Å². The van der Waals surface area contributed by atoms with Gasteiger partial charge in [0, 0.05) is 6.54 Å². The average Bonchev–Trinajstić information content (AvgIpc) is 2.48. The van der Waals surface area contributed by atoms with Crippen molar-refractivity contribution in [1.82, 2.24) is 4.31 Å². The Balaban J connectivity index is 3.24. The van der Waals surface area contributed by atoms with Crippen molar-refractivity contribution in [3.63, 3.8) is 0 Å². The first-order valence-electron chi connectivity index (χ1n) is 7.58. The van der Waals surface area contributed by atoms with Crippen molar-refractivity contribution in [3.8, 4) is 5.75 Å². The molecule has 0 amide bonds. The molecule has 0 unspecified atom stereocenters. The highest BCUT2D eigenvalue weighted by Crippen LogP contribution is 2.27. The van der Waals surface area contributed by atoms with Gasteiger partial charge in [-0.25, -0.2) is 8.42 Å². The fourth-order valence-electron chi connectivity index (χ4n) is 2.28. The van der Waals surface area contributed by atoms with Gasteiger partial charge < -0.3 is 9.47 Å². The third-order valence-electron chi connectivity index (χ3n) is 3.39. The number of esters is 1. The number of aryl methyl sites for hydroxylation is 2. The zero-order chi connectivity index (χ0) is 17.6. The largest absolute Gasteiger partial charge is 0.496 e. The number of sulfonamides is 1. The molecule has 0 atom stereocenters. The van der Waals surface area contributed by atoms with E-state index in [4.69, 9.17) is 9.47 Å². The van der Waals surface area contributed by atoms with Crippen LogP contribution in [0.25, 0.3) is 0 Å².